The molecule has 0 radical (unpaired) electrons. The van der Waals surface area contributed by atoms with E-state index in [0.29, 0.717) is 11.9 Å². The molecule has 3 aromatic rings. The van der Waals surface area contributed by atoms with Crippen molar-refractivity contribution < 1.29 is 4.74 Å². The number of rotatable bonds is 3. The molecule has 0 bridgehead atoms. The molecule has 194 valence electrons. The fraction of sp³-hybridized carbons (Fsp3) is 0.593. The molecule has 35 heavy (non-hydrogen) atoms. The number of aromatic nitrogens is 5. The predicted octanol–water partition coefficient (Wildman–Crippen LogP) is 4.95. The van der Waals surface area contributed by atoms with Gasteiger partial charge in [0.05, 0.1) is 30.5 Å². The fourth-order valence-electron chi connectivity index (χ4n) is 4.06. The minimum absolute atomic E-state index is 0.623. The van der Waals surface area contributed by atoms with Crippen molar-refractivity contribution in [1.29, 1.82) is 0 Å². The van der Waals surface area contributed by atoms with Crippen molar-refractivity contribution in [2.75, 3.05) is 27.2 Å². The Balaban J connectivity index is 0.000000233. The molecule has 8 nitrogen and oxygen atoms in total. The van der Waals surface area contributed by atoms with Crippen molar-refractivity contribution in [3.8, 4) is 17.3 Å². The Bertz CT molecular complexity index is 995. The number of imidazole rings is 1. The molecule has 0 saturated heterocycles. The summed E-state index contributed by atoms with van der Waals surface area (Å²) < 4.78 is 9.49. The van der Waals surface area contributed by atoms with Crippen LogP contribution in [0.1, 0.15) is 59.4 Å². The van der Waals surface area contributed by atoms with Crippen molar-refractivity contribution in [2.24, 2.45) is 0 Å². The molecular formula is C27H45N7O. The molecule has 0 spiro atoms. The molecule has 8 heteroatoms. The van der Waals surface area contributed by atoms with Crippen molar-refractivity contribution in [3.63, 3.8) is 0 Å². The standard InChI is InChI=1S/C14H18N4O.C9H15N3.2C2H6/c1-17-7-4-8-18-11(10-17)9-13(16-18)12-5-3-6-14(15-12)19-2;1-8(2)11-3-4-12-7-10-5-9(12)6-11;2*1-2/h3,5-6,9H,4,7-8,10H2,1-2H3;5,7-8H,3-4,6H2,1-2H3;2*1-2H3. The van der Waals surface area contributed by atoms with Crippen LogP contribution in [0.4, 0.5) is 0 Å². The van der Waals surface area contributed by atoms with Crippen LogP contribution in [0, 0.1) is 0 Å². The number of methoxy groups -OCH3 is 1. The van der Waals surface area contributed by atoms with E-state index < -0.39 is 0 Å². The van der Waals surface area contributed by atoms with Crippen molar-refractivity contribution >= 4 is 0 Å². The molecule has 0 saturated carbocycles. The summed E-state index contributed by atoms with van der Waals surface area (Å²) in [5.74, 6) is 0.623. The first-order chi connectivity index (χ1) is 17.0. The topological polar surface area (TPSA) is 64.2 Å². The lowest BCUT2D eigenvalue weighted by Gasteiger charge is -2.31. The molecule has 2 aliphatic heterocycles. The highest BCUT2D eigenvalue weighted by atomic mass is 16.5. The zero-order valence-electron chi connectivity index (χ0n) is 23.0. The molecule has 3 aromatic heterocycles. The third-order valence-electron chi connectivity index (χ3n) is 5.92. The number of aryl methyl sites for hydroxylation is 1. The van der Waals surface area contributed by atoms with Crippen LogP contribution >= 0.6 is 0 Å². The molecule has 0 unspecified atom stereocenters. The number of pyridine rings is 1. The van der Waals surface area contributed by atoms with Crippen LogP contribution in [0.3, 0.4) is 0 Å². The Morgan fingerprint density at radius 3 is 2.40 bits per heavy atom. The summed E-state index contributed by atoms with van der Waals surface area (Å²) in [6.45, 7) is 18.8. The highest BCUT2D eigenvalue weighted by Gasteiger charge is 2.17. The Morgan fingerprint density at radius 1 is 0.914 bits per heavy atom. The minimum Gasteiger partial charge on any atom is -0.481 e. The average Bonchev–Trinajstić information content (AvgIpc) is 3.49. The Hall–Kier alpha value is -2.71. The van der Waals surface area contributed by atoms with Crippen molar-refractivity contribution in [1.82, 2.24) is 34.1 Å². The van der Waals surface area contributed by atoms with E-state index in [1.54, 1.807) is 7.11 Å². The predicted molar refractivity (Wildman–Crippen MR) is 143 cm³/mol. The largest absolute Gasteiger partial charge is 0.481 e. The van der Waals surface area contributed by atoms with Crippen molar-refractivity contribution in [3.05, 3.63) is 48.2 Å². The second kappa shape index (κ2) is 14.6. The monoisotopic (exact) mass is 483 g/mol. The van der Waals surface area contributed by atoms with Crippen LogP contribution in [0.25, 0.3) is 11.4 Å². The molecule has 0 fully saturated rings. The maximum absolute atomic E-state index is 5.16. The summed E-state index contributed by atoms with van der Waals surface area (Å²) in [7, 11) is 3.77. The van der Waals surface area contributed by atoms with Gasteiger partial charge in [-0.25, -0.2) is 9.97 Å². The number of fused-ring (bicyclic) bond motifs is 2. The Labute approximate surface area is 211 Å². The molecule has 0 aromatic carbocycles. The fourth-order valence-corrected chi connectivity index (χ4v) is 4.06. The lowest BCUT2D eigenvalue weighted by Crippen LogP contribution is -2.37. The van der Waals surface area contributed by atoms with Crippen molar-refractivity contribution in [2.45, 2.75) is 80.2 Å². The average molecular weight is 484 g/mol. The summed E-state index contributed by atoms with van der Waals surface area (Å²) in [6, 6.07) is 8.53. The maximum Gasteiger partial charge on any atom is 0.213 e. The molecule has 0 aliphatic carbocycles. The van der Waals surface area contributed by atoms with Crippen LogP contribution in [0.2, 0.25) is 0 Å². The van der Waals surface area contributed by atoms with Crippen LogP contribution in [-0.2, 0) is 26.2 Å². The first kappa shape index (κ1) is 28.5. The van der Waals surface area contributed by atoms with Gasteiger partial charge in [-0.05, 0) is 39.4 Å². The van der Waals surface area contributed by atoms with Gasteiger partial charge in [-0.3, -0.25) is 9.58 Å². The van der Waals surface area contributed by atoms with Gasteiger partial charge in [-0.15, -0.1) is 0 Å². The zero-order chi connectivity index (χ0) is 25.8. The van der Waals surface area contributed by atoms with E-state index in [4.69, 9.17) is 4.74 Å². The molecule has 0 atom stereocenters. The summed E-state index contributed by atoms with van der Waals surface area (Å²) in [5, 5.41) is 4.66. The van der Waals surface area contributed by atoms with Crippen LogP contribution in [0.15, 0.2) is 36.8 Å². The number of nitrogens with zero attached hydrogens (tertiary/aromatic N) is 7. The van der Waals surface area contributed by atoms with E-state index in [2.05, 4.69) is 61.1 Å². The summed E-state index contributed by atoms with van der Waals surface area (Å²) in [6.07, 6.45) is 5.03. The van der Waals surface area contributed by atoms with Gasteiger partial charge in [0, 0.05) is 57.6 Å². The lowest BCUT2D eigenvalue weighted by atomic mass is 10.2. The van der Waals surface area contributed by atoms with Gasteiger partial charge in [-0.2, -0.15) is 5.10 Å². The molecule has 5 rings (SSSR count). The van der Waals surface area contributed by atoms with Gasteiger partial charge in [0.2, 0.25) is 5.88 Å². The second-order valence-electron chi connectivity index (χ2n) is 8.54. The molecular weight excluding hydrogens is 438 g/mol. The van der Waals surface area contributed by atoms with Crippen LogP contribution in [0.5, 0.6) is 5.88 Å². The smallest absolute Gasteiger partial charge is 0.213 e. The normalized spacial score (nSPS) is 15.2. The highest BCUT2D eigenvalue weighted by Crippen LogP contribution is 2.22. The van der Waals surface area contributed by atoms with Gasteiger partial charge in [0.1, 0.15) is 5.69 Å². The summed E-state index contributed by atoms with van der Waals surface area (Å²) in [5.41, 5.74) is 4.38. The van der Waals surface area contributed by atoms with E-state index in [1.165, 1.54) is 11.4 Å². The zero-order valence-corrected chi connectivity index (χ0v) is 23.0. The lowest BCUT2D eigenvalue weighted by molar-refractivity contribution is 0.177. The first-order valence-electron chi connectivity index (χ1n) is 13.0. The van der Waals surface area contributed by atoms with Crippen LogP contribution in [-0.4, -0.2) is 67.4 Å². The molecule has 0 amide bonds. The van der Waals surface area contributed by atoms with Gasteiger partial charge in [-0.1, -0.05) is 33.8 Å². The van der Waals surface area contributed by atoms with E-state index in [1.807, 2.05) is 58.4 Å². The summed E-state index contributed by atoms with van der Waals surface area (Å²) in [4.78, 5) is 13.4. The Morgan fingerprint density at radius 2 is 1.69 bits per heavy atom. The van der Waals surface area contributed by atoms with Gasteiger partial charge in [0.25, 0.3) is 0 Å². The highest BCUT2D eigenvalue weighted by molar-refractivity contribution is 5.55. The summed E-state index contributed by atoms with van der Waals surface area (Å²) >= 11 is 0. The molecule has 0 N–H and O–H groups in total. The third-order valence-corrected chi connectivity index (χ3v) is 5.92. The maximum atomic E-state index is 5.16. The SMILES string of the molecule is CC.CC.CC(C)N1CCn2cncc2C1.COc1cccc(-c2cc3n(n2)CCCN(C)C3)n1. The Kier molecular flexibility index (Phi) is 11.9. The van der Waals surface area contributed by atoms with Gasteiger partial charge >= 0.3 is 0 Å². The minimum atomic E-state index is 0.623. The van der Waals surface area contributed by atoms with E-state index in [0.717, 1.165) is 57.1 Å². The molecule has 2 aliphatic rings. The van der Waals surface area contributed by atoms with E-state index in [9.17, 15) is 0 Å². The molecule has 5 heterocycles. The third kappa shape index (κ3) is 7.90. The van der Waals surface area contributed by atoms with Gasteiger partial charge in [0.15, 0.2) is 0 Å². The number of hydrogen-bond donors (Lipinski definition) is 0. The second-order valence-corrected chi connectivity index (χ2v) is 8.54. The number of ether oxygens (including phenoxy) is 1. The van der Waals surface area contributed by atoms with Gasteiger partial charge < -0.3 is 14.2 Å². The van der Waals surface area contributed by atoms with E-state index in [-0.39, 0.29) is 0 Å². The number of hydrogen-bond acceptors (Lipinski definition) is 6. The van der Waals surface area contributed by atoms with E-state index >= 15 is 0 Å². The van der Waals surface area contributed by atoms with Crippen LogP contribution < -0.4 is 4.74 Å². The first-order valence-corrected chi connectivity index (χ1v) is 13.0. The quantitative estimate of drug-likeness (QED) is 0.525.